The summed E-state index contributed by atoms with van der Waals surface area (Å²) in [6.45, 7) is 8.73. The van der Waals surface area contributed by atoms with E-state index in [1.807, 2.05) is 6.08 Å². The van der Waals surface area contributed by atoms with E-state index in [1.165, 1.54) is 0 Å². The number of hydrogen-bond donors (Lipinski definition) is 1. The number of esters is 1. The number of carbonyl (C=O) groups is 1. The Morgan fingerprint density at radius 1 is 1.38 bits per heavy atom. The molecule has 1 aromatic heterocycles. The van der Waals surface area contributed by atoms with Crippen molar-refractivity contribution in [3.05, 3.63) is 22.8 Å². The van der Waals surface area contributed by atoms with Gasteiger partial charge < -0.3 is 10.5 Å². The molecule has 1 heterocycles. The lowest BCUT2D eigenvalue weighted by atomic mass is 10.2. The summed E-state index contributed by atoms with van der Waals surface area (Å²) < 4.78 is 5.10. The average Bonchev–Trinajstić information content (AvgIpc) is 3.19. The van der Waals surface area contributed by atoms with Crippen molar-refractivity contribution in [3.63, 3.8) is 0 Å². The van der Waals surface area contributed by atoms with Gasteiger partial charge in [-0.1, -0.05) is 31.4 Å². The van der Waals surface area contributed by atoms with E-state index in [2.05, 4.69) is 35.3 Å². The summed E-state index contributed by atoms with van der Waals surface area (Å²) >= 11 is 0. The third kappa shape index (κ3) is 4.14. The number of nitrogens with two attached hydrogens (primary N) is 1. The second-order valence-corrected chi connectivity index (χ2v) is 11.5. The highest BCUT2D eigenvalue weighted by molar-refractivity contribution is 6.81. The number of hydrogen-bond acceptors (Lipinski definition) is 5. The molecule has 0 atom stereocenters. The van der Waals surface area contributed by atoms with Gasteiger partial charge in [0, 0.05) is 11.5 Å². The van der Waals surface area contributed by atoms with Crippen molar-refractivity contribution >= 4 is 25.9 Å². The van der Waals surface area contributed by atoms with Crippen LogP contribution < -0.4 is 5.73 Å². The highest BCUT2D eigenvalue weighted by Crippen LogP contribution is 2.39. The van der Waals surface area contributed by atoms with Crippen molar-refractivity contribution in [1.82, 2.24) is 9.97 Å². The SMILES string of the molecule is CCOC(=O)c1nc(C2CC2)nc(N)c1C=C[Si](C)(C)C. The molecule has 114 valence electrons. The Balaban J connectivity index is 2.45. The highest BCUT2D eigenvalue weighted by Gasteiger charge is 2.29. The zero-order valence-electron chi connectivity index (χ0n) is 13.1. The van der Waals surface area contributed by atoms with Crippen LogP contribution in [0.4, 0.5) is 5.82 Å². The quantitative estimate of drug-likeness (QED) is 0.668. The van der Waals surface area contributed by atoms with Crippen LogP contribution in [0.25, 0.3) is 6.08 Å². The van der Waals surface area contributed by atoms with Gasteiger partial charge in [-0.15, -0.1) is 0 Å². The van der Waals surface area contributed by atoms with Crippen molar-refractivity contribution in [2.75, 3.05) is 12.3 Å². The molecule has 1 aliphatic rings. The van der Waals surface area contributed by atoms with Gasteiger partial charge in [-0.05, 0) is 19.8 Å². The molecule has 6 heteroatoms. The number of nitrogens with zero attached hydrogens (tertiary/aromatic N) is 2. The van der Waals surface area contributed by atoms with Gasteiger partial charge in [0.25, 0.3) is 0 Å². The fraction of sp³-hybridized carbons (Fsp3) is 0.533. The fourth-order valence-corrected chi connectivity index (χ4v) is 2.55. The van der Waals surface area contributed by atoms with E-state index in [-0.39, 0.29) is 0 Å². The normalized spacial score (nSPS) is 15.4. The lowest BCUT2D eigenvalue weighted by Crippen LogP contribution is -2.17. The molecule has 2 rings (SSSR count). The number of rotatable bonds is 5. The van der Waals surface area contributed by atoms with Crippen LogP contribution >= 0.6 is 0 Å². The van der Waals surface area contributed by atoms with Crippen LogP contribution in [0.3, 0.4) is 0 Å². The van der Waals surface area contributed by atoms with E-state index in [4.69, 9.17) is 10.5 Å². The number of ether oxygens (including phenoxy) is 1. The molecule has 1 fully saturated rings. The molecule has 0 amide bonds. The van der Waals surface area contributed by atoms with Gasteiger partial charge in [0.15, 0.2) is 5.69 Å². The summed E-state index contributed by atoms with van der Waals surface area (Å²) in [5.74, 6) is 0.949. The first kappa shape index (κ1) is 15.7. The summed E-state index contributed by atoms with van der Waals surface area (Å²) in [5, 5.41) is 0. The Kier molecular flexibility index (Phi) is 4.46. The van der Waals surface area contributed by atoms with Crippen LogP contribution in [0.2, 0.25) is 19.6 Å². The molecular formula is C15H23N3O2Si. The third-order valence-electron chi connectivity index (χ3n) is 3.15. The second-order valence-electron chi connectivity index (χ2n) is 6.42. The molecule has 0 radical (unpaired) electrons. The second kappa shape index (κ2) is 5.97. The molecule has 0 saturated heterocycles. The predicted octanol–water partition coefficient (Wildman–Crippen LogP) is 3.00. The van der Waals surface area contributed by atoms with E-state index >= 15 is 0 Å². The van der Waals surface area contributed by atoms with Crippen LogP contribution in [-0.4, -0.2) is 30.6 Å². The first-order valence-electron chi connectivity index (χ1n) is 7.35. The van der Waals surface area contributed by atoms with Crippen molar-refractivity contribution < 1.29 is 9.53 Å². The van der Waals surface area contributed by atoms with Crippen LogP contribution in [0.1, 0.15) is 47.6 Å². The molecule has 0 aromatic carbocycles. The Labute approximate surface area is 126 Å². The summed E-state index contributed by atoms with van der Waals surface area (Å²) in [4.78, 5) is 20.9. The van der Waals surface area contributed by atoms with E-state index in [0.29, 0.717) is 35.4 Å². The Hall–Kier alpha value is -1.69. The molecule has 21 heavy (non-hydrogen) atoms. The number of carbonyl (C=O) groups excluding carboxylic acids is 1. The Bertz CT molecular complexity index is 575. The van der Waals surface area contributed by atoms with E-state index in [0.717, 1.165) is 12.8 Å². The molecular weight excluding hydrogens is 282 g/mol. The van der Waals surface area contributed by atoms with Crippen LogP contribution in [0.5, 0.6) is 0 Å². The third-order valence-corrected chi connectivity index (χ3v) is 4.32. The molecule has 0 unspecified atom stereocenters. The van der Waals surface area contributed by atoms with Gasteiger partial charge >= 0.3 is 5.97 Å². The maximum atomic E-state index is 12.1. The summed E-state index contributed by atoms with van der Waals surface area (Å²) in [5.41, 5.74) is 9.06. The number of aromatic nitrogens is 2. The van der Waals surface area contributed by atoms with Gasteiger partial charge in [0.1, 0.15) is 11.6 Å². The van der Waals surface area contributed by atoms with E-state index < -0.39 is 14.0 Å². The Morgan fingerprint density at radius 3 is 2.57 bits per heavy atom. The zero-order valence-corrected chi connectivity index (χ0v) is 14.1. The molecule has 1 saturated carbocycles. The number of anilines is 1. The monoisotopic (exact) mass is 305 g/mol. The lowest BCUT2D eigenvalue weighted by molar-refractivity contribution is 0.0518. The standard InChI is InChI=1S/C15H23N3O2Si/c1-5-20-15(19)12-11(8-9-21(2,3)4)13(16)18-14(17-12)10-6-7-10/h8-10H,5-7H2,1-4H3,(H2,16,17,18). The van der Waals surface area contributed by atoms with Gasteiger partial charge in [-0.3, -0.25) is 0 Å². The number of nitrogen functional groups attached to an aromatic ring is 1. The molecule has 0 aliphatic heterocycles. The van der Waals surface area contributed by atoms with Crippen LogP contribution in [0.15, 0.2) is 5.70 Å². The summed E-state index contributed by atoms with van der Waals surface area (Å²) in [6.07, 6.45) is 4.00. The van der Waals surface area contributed by atoms with Gasteiger partial charge in [-0.25, -0.2) is 14.8 Å². The minimum absolute atomic E-state index is 0.292. The minimum Gasteiger partial charge on any atom is -0.461 e. The molecule has 0 spiro atoms. The first-order valence-corrected chi connectivity index (χ1v) is 10.9. The lowest BCUT2D eigenvalue weighted by Gasteiger charge is -2.12. The van der Waals surface area contributed by atoms with E-state index in [9.17, 15) is 4.79 Å². The van der Waals surface area contributed by atoms with Crippen molar-refractivity contribution in [2.45, 2.75) is 45.3 Å². The smallest absolute Gasteiger partial charge is 0.357 e. The van der Waals surface area contributed by atoms with Crippen molar-refractivity contribution in [1.29, 1.82) is 0 Å². The fourth-order valence-electron chi connectivity index (χ4n) is 1.88. The van der Waals surface area contributed by atoms with Gasteiger partial charge in [0.05, 0.1) is 14.7 Å². The average molecular weight is 305 g/mol. The molecule has 1 aliphatic carbocycles. The van der Waals surface area contributed by atoms with Gasteiger partial charge in [-0.2, -0.15) is 0 Å². The summed E-state index contributed by atoms with van der Waals surface area (Å²) in [7, 11) is -1.41. The first-order chi connectivity index (χ1) is 9.81. The molecule has 2 N–H and O–H groups in total. The largest absolute Gasteiger partial charge is 0.461 e. The molecule has 5 nitrogen and oxygen atoms in total. The molecule has 1 aromatic rings. The van der Waals surface area contributed by atoms with Crippen LogP contribution in [0, 0.1) is 0 Å². The minimum atomic E-state index is -1.41. The maximum Gasteiger partial charge on any atom is 0.357 e. The predicted molar refractivity (Wildman–Crippen MR) is 86.8 cm³/mol. The topological polar surface area (TPSA) is 78.1 Å². The Morgan fingerprint density at radius 2 is 2.05 bits per heavy atom. The van der Waals surface area contributed by atoms with Gasteiger partial charge in [0.2, 0.25) is 0 Å². The van der Waals surface area contributed by atoms with Crippen LogP contribution in [-0.2, 0) is 4.74 Å². The maximum absolute atomic E-state index is 12.1. The van der Waals surface area contributed by atoms with E-state index in [1.54, 1.807) is 6.92 Å². The highest BCUT2D eigenvalue weighted by atomic mass is 28.3. The molecule has 0 bridgehead atoms. The summed E-state index contributed by atoms with van der Waals surface area (Å²) in [6, 6.07) is 0. The zero-order chi connectivity index (χ0) is 15.6. The van der Waals surface area contributed by atoms with Crippen molar-refractivity contribution in [2.24, 2.45) is 0 Å². The van der Waals surface area contributed by atoms with Crippen molar-refractivity contribution in [3.8, 4) is 0 Å².